The SMILES string of the molecule is O=S(=O)(Nc1ccccc1NC(=S)Nc1ccc(Cl)cc1)c1cccs1. The van der Waals surface area contributed by atoms with Crippen LogP contribution in [0.4, 0.5) is 17.1 Å². The zero-order valence-electron chi connectivity index (χ0n) is 13.3. The summed E-state index contributed by atoms with van der Waals surface area (Å²) >= 11 is 12.3. The molecule has 0 radical (unpaired) electrons. The van der Waals surface area contributed by atoms with Gasteiger partial charge in [0.25, 0.3) is 10.0 Å². The smallest absolute Gasteiger partial charge is 0.271 e. The van der Waals surface area contributed by atoms with Crippen LogP contribution in [-0.4, -0.2) is 13.5 Å². The van der Waals surface area contributed by atoms with E-state index >= 15 is 0 Å². The number of anilines is 3. The Morgan fingerprint density at radius 1 is 0.923 bits per heavy atom. The van der Waals surface area contributed by atoms with E-state index in [1.54, 1.807) is 66.0 Å². The average Bonchev–Trinajstić information content (AvgIpc) is 3.14. The topological polar surface area (TPSA) is 70.2 Å². The van der Waals surface area contributed by atoms with E-state index in [-0.39, 0.29) is 4.21 Å². The number of para-hydroxylation sites is 2. The summed E-state index contributed by atoms with van der Waals surface area (Å²) in [5.41, 5.74) is 1.71. The zero-order chi connectivity index (χ0) is 18.6. The van der Waals surface area contributed by atoms with Gasteiger partial charge in [-0.25, -0.2) is 8.42 Å². The van der Waals surface area contributed by atoms with Gasteiger partial charge in [-0.2, -0.15) is 0 Å². The van der Waals surface area contributed by atoms with Crippen molar-refractivity contribution in [3.8, 4) is 0 Å². The molecule has 0 amide bonds. The summed E-state index contributed by atoms with van der Waals surface area (Å²) in [6, 6.07) is 17.3. The maximum absolute atomic E-state index is 12.4. The fourth-order valence-electron chi connectivity index (χ4n) is 2.11. The zero-order valence-corrected chi connectivity index (χ0v) is 16.5. The molecule has 0 unspecified atom stereocenters. The molecule has 1 aromatic heterocycles. The van der Waals surface area contributed by atoms with Crippen molar-refractivity contribution in [2.45, 2.75) is 4.21 Å². The Balaban J connectivity index is 1.75. The van der Waals surface area contributed by atoms with E-state index in [0.717, 1.165) is 17.0 Å². The monoisotopic (exact) mass is 423 g/mol. The number of hydrogen-bond donors (Lipinski definition) is 3. The number of nitrogens with one attached hydrogen (secondary N) is 3. The predicted octanol–water partition coefficient (Wildman–Crippen LogP) is 5.01. The molecule has 0 saturated heterocycles. The lowest BCUT2D eigenvalue weighted by molar-refractivity contribution is 0.603. The fourth-order valence-corrected chi connectivity index (χ4v) is 4.54. The van der Waals surface area contributed by atoms with Crippen LogP contribution in [0.1, 0.15) is 0 Å². The van der Waals surface area contributed by atoms with Gasteiger partial charge in [-0.1, -0.05) is 29.8 Å². The number of thiophene rings is 1. The molecule has 5 nitrogen and oxygen atoms in total. The number of sulfonamides is 1. The third kappa shape index (κ3) is 4.73. The summed E-state index contributed by atoms with van der Waals surface area (Å²) < 4.78 is 27.7. The standard InChI is InChI=1S/C17H14ClN3O2S3/c18-12-7-9-13(10-8-12)19-17(24)20-14-4-1-2-5-15(14)21-26(22,23)16-6-3-11-25-16/h1-11,21H,(H2,19,20,24). The van der Waals surface area contributed by atoms with Gasteiger partial charge in [-0.05, 0) is 60.1 Å². The van der Waals surface area contributed by atoms with Crippen LogP contribution < -0.4 is 15.4 Å². The second kappa shape index (κ2) is 8.05. The Morgan fingerprint density at radius 3 is 2.27 bits per heavy atom. The summed E-state index contributed by atoms with van der Waals surface area (Å²) in [6.45, 7) is 0. The lowest BCUT2D eigenvalue weighted by Gasteiger charge is -2.15. The van der Waals surface area contributed by atoms with Crippen LogP contribution >= 0.6 is 35.2 Å². The third-order valence-corrected chi connectivity index (χ3v) is 6.50. The first-order valence-electron chi connectivity index (χ1n) is 7.43. The summed E-state index contributed by atoms with van der Waals surface area (Å²) in [6.07, 6.45) is 0. The minimum Gasteiger partial charge on any atom is -0.332 e. The number of thiocarbonyl (C=S) groups is 1. The molecular weight excluding hydrogens is 410 g/mol. The quantitative estimate of drug-likeness (QED) is 0.503. The Labute approximate surface area is 166 Å². The van der Waals surface area contributed by atoms with Crippen molar-refractivity contribution in [3.05, 3.63) is 71.1 Å². The minimum atomic E-state index is -3.64. The highest BCUT2D eigenvalue weighted by Gasteiger charge is 2.17. The molecule has 3 N–H and O–H groups in total. The molecule has 26 heavy (non-hydrogen) atoms. The highest BCUT2D eigenvalue weighted by Crippen LogP contribution is 2.26. The minimum absolute atomic E-state index is 0.245. The maximum atomic E-state index is 12.4. The molecule has 0 aliphatic heterocycles. The lowest BCUT2D eigenvalue weighted by Crippen LogP contribution is -2.21. The van der Waals surface area contributed by atoms with Gasteiger partial charge in [0.05, 0.1) is 11.4 Å². The van der Waals surface area contributed by atoms with Crippen LogP contribution in [0.2, 0.25) is 5.02 Å². The molecule has 3 rings (SSSR count). The summed E-state index contributed by atoms with van der Waals surface area (Å²) in [5, 5.41) is 8.70. The largest absolute Gasteiger partial charge is 0.332 e. The molecule has 0 aliphatic carbocycles. The van der Waals surface area contributed by atoms with E-state index in [4.69, 9.17) is 23.8 Å². The Bertz CT molecular complexity index is 1000. The van der Waals surface area contributed by atoms with Crippen LogP contribution in [0, 0.1) is 0 Å². The first kappa shape index (κ1) is 18.7. The average molecular weight is 424 g/mol. The summed E-state index contributed by atoms with van der Waals surface area (Å²) in [7, 11) is -3.64. The Hall–Kier alpha value is -2.13. The van der Waals surface area contributed by atoms with E-state index in [1.165, 1.54) is 0 Å². The van der Waals surface area contributed by atoms with Gasteiger partial charge in [-0.15, -0.1) is 11.3 Å². The Morgan fingerprint density at radius 2 is 1.62 bits per heavy atom. The highest BCUT2D eigenvalue weighted by molar-refractivity contribution is 7.94. The van der Waals surface area contributed by atoms with Crippen molar-refractivity contribution < 1.29 is 8.42 Å². The molecule has 3 aromatic rings. The van der Waals surface area contributed by atoms with Crippen molar-refractivity contribution in [2.75, 3.05) is 15.4 Å². The summed E-state index contributed by atoms with van der Waals surface area (Å²) in [5.74, 6) is 0. The van der Waals surface area contributed by atoms with Crippen molar-refractivity contribution in [1.82, 2.24) is 0 Å². The first-order valence-corrected chi connectivity index (χ1v) is 10.6. The first-order chi connectivity index (χ1) is 12.4. The molecule has 0 saturated carbocycles. The van der Waals surface area contributed by atoms with Crippen LogP contribution in [0.15, 0.2) is 70.3 Å². The van der Waals surface area contributed by atoms with Crippen LogP contribution in [0.3, 0.4) is 0 Å². The molecule has 1 heterocycles. The van der Waals surface area contributed by atoms with E-state index in [2.05, 4.69) is 15.4 Å². The van der Waals surface area contributed by atoms with Gasteiger partial charge in [0.1, 0.15) is 4.21 Å². The van der Waals surface area contributed by atoms with Gasteiger partial charge in [0.15, 0.2) is 5.11 Å². The van der Waals surface area contributed by atoms with Crippen LogP contribution in [-0.2, 0) is 10.0 Å². The summed E-state index contributed by atoms with van der Waals surface area (Å²) in [4.78, 5) is 0. The molecule has 0 bridgehead atoms. The van der Waals surface area contributed by atoms with Gasteiger partial charge in [-0.3, -0.25) is 4.72 Å². The maximum Gasteiger partial charge on any atom is 0.271 e. The van der Waals surface area contributed by atoms with Crippen LogP contribution in [0.25, 0.3) is 0 Å². The van der Waals surface area contributed by atoms with Gasteiger partial charge < -0.3 is 10.6 Å². The molecular formula is C17H14ClN3O2S3. The number of hydrogen-bond acceptors (Lipinski definition) is 4. The fraction of sp³-hybridized carbons (Fsp3) is 0. The van der Waals surface area contributed by atoms with E-state index in [9.17, 15) is 8.42 Å². The van der Waals surface area contributed by atoms with Crippen LogP contribution in [0.5, 0.6) is 0 Å². The molecule has 9 heteroatoms. The third-order valence-electron chi connectivity index (χ3n) is 3.28. The molecule has 0 aliphatic rings. The number of rotatable bonds is 5. The van der Waals surface area contributed by atoms with Gasteiger partial charge in [0.2, 0.25) is 0 Å². The lowest BCUT2D eigenvalue weighted by atomic mass is 10.3. The molecule has 0 atom stereocenters. The van der Waals surface area contributed by atoms with E-state index < -0.39 is 10.0 Å². The number of benzene rings is 2. The molecule has 2 aromatic carbocycles. The van der Waals surface area contributed by atoms with Crippen molar-refractivity contribution in [3.63, 3.8) is 0 Å². The molecule has 0 spiro atoms. The van der Waals surface area contributed by atoms with Gasteiger partial charge in [0, 0.05) is 10.7 Å². The predicted molar refractivity (Wildman–Crippen MR) is 113 cm³/mol. The van der Waals surface area contributed by atoms with E-state index in [1.807, 2.05) is 0 Å². The van der Waals surface area contributed by atoms with Crippen molar-refractivity contribution >= 4 is 67.4 Å². The second-order valence-electron chi connectivity index (χ2n) is 5.17. The van der Waals surface area contributed by atoms with Crippen molar-refractivity contribution in [1.29, 1.82) is 0 Å². The van der Waals surface area contributed by atoms with Gasteiger partial charge >= 0.3 is 0 Å². The van der Waals surface area contributed by atoms with E-state index in [0.29, 0.717) is 21.5 Å². The number of halogens is 1. The van der Waals surface area contributed by atoms with Crippen molar-refractivity contribution in [2.24, 2.45) is 0 Å². The second-order valence-corrected chi connectivity index (χ2v) is 8.87. The molecule has 134 valence electrons. The Kier molecular flexibility index (Phi) is 5.77. The highest BCUT2D eigenvalue weighted by atomic mass is 35.5. The molecule has 0 fully saturated rings. The normalized spacial score (nSPS) is 11.0.